The topological polar surface area (TPSA) is 90.3 Å². The Morgan fingerprint density at radius 3 is 2.94 bits per heavy atom. The molecule has 0 bridgehead atoms. The van der Waals surface area contributed by atoms with Crippen molar-refractivity contribution in [1.29, 1.82) is 0 Å². The van der Waals surface area contributed by atoms with Gasteiger partial charge in [0.25, 0.3) is 0 Å². The van der Waals surface area contributed by atoms with Gasteiger partial charge in [0.2, 0.25) is 5.95 Å². The summed E-state index contributed by atoms with van der Waals surface area (Å²) in [7, 11) is 1.73. The molecule has 4 N–H and O–H groups in total. The van der Waals surface area contributed by atoms with Crippen molar-refractivity contribution >= 4 is 17.6 Å². The lowest BCUT2D eigenvalue weighted by atomic mass is 10.1. The first-order chi connectivity index (χ1) is 7.69. The molecule has 0 spiro atoms. The first-order valence-corrected chi connectivity index (χ1v) is 5.37. The Morgan fingerprint density at radius 1 is 1.44 bits per heavy atom. The van der Waals surface area contributed by atoms with Gasteiger partial charge in [-0.15, -0.1) is 0 Å². The Morgan fingerprint density at radius 2 is 2.25 bits per heavy atom. The second kappa shape index (κ2) is 4.52. The van der Waals surface area contributed by atoms with Crippen molar-refractivity contribution in [2.45, 2.75) is 18.9 Å². The molecule has 0 radical (unpaired) electrons. The van der Waals surface area contributed by atoms with Crippen molar-refractivity contribution in [2.75, 3.05) is 36.6 Å². The van der Waals surface area contributed by atoms with Gasteiger partial charge < -0.3 is 21.1 Å². The zero-order valence-corrected chi connectivity index (χ0v) is 9.39. The molecular formula is C10H17N5O. The summed E-state index contributed by atoms with van der Waals surface area (Å²) in [6.07, 6.45) is 2.43. The lowest BCUT2D eigenvalue weighted by molar-refractivity contribution is 0.0891. The van der Waals surface area contributed by atoms with Gasteiger partial charge in [-0.05, 0) is 12.8 Å². The molecule has 6 heteroatoms. The Kier molecular flexibility index (Phi) is 3.09. The summed E-state index contributed by atoms with van der Waals surface area (Å²) in [4.78, 5) is 10.2. The van der Waals surface area contributed by atoms with E-state index >= 15 is 0 Å². The number of nitrogens with zero attached hydrogens (tertiary/aromatic N) is 3. The zero-order valence-electron chi connectivity index (χ0n) is 9.39. The molecule has 6 nitrogen and oxygen atoms in total. The van der Waals surface area contributed by atoms with E-state index in [0.29, 0.717) is 5.82 Å². The first kappa shape index (κ1) is 10.9. The number of nitrogens with two attached hydrogens (primary N) is 2. The number of piperidine rings is 1. The van der Waals surface area contributed by atoms with Gasteiger partial charge in [-0.25, -0.2) is 0 Å². The van der Waals surface area contributed by atoms with E-state index < -0.39 is 0 Å². The Hall–Kier alpha value is -1.56. The quantitative estimate of drug-likeness (QED) is 0.747. The van der Waals surface area contributed by atoms with Crippen LogP contribution < -0.4 is 16.4 Å². The highest BCUT2D eigenvalue weighted by molar-refractivity contribution is 5.50. The SMILES string of the molecule is COC1CCCN(c2cc(N)nc(N)n2)C1. The second-order valence-electron chi connectivity index (χ2n) is 3.96. The summed E-state index contributed by atoms with van der Waals surface area (Å²) in [5.41, 5.74) is 11.2. The number of nitrogen functional groups attached to an aromatic ring is 2. The van der Waals surface area contributed by atoms with E-state index in [4.69, 9.17) is 16.2 Å². The number of anilines is 3. The van der Waals surface area contributed by atoms with Crippen LogP contribution in [0.5, 0.6) is 0 Å². The molecule has 0 aromatic carbocycles. The average molecular weight is 223 g/mol. The fourth-order valence-electron chi connectivity index (χ4n) is 1.97. The molecule has 0 amide bonds. The second-order valence-corrected chi connectivity index (χ2v) is 3.96. The Balaban J connectivity index is 2.16. The van der Waals surface area contributed by atoms with Crippen LogP contribution in [0, 0.1) is 0 Å². The van der Waals surface area contributed by atoms with Crippen LogP contribution in [0.15, 0.2) is 6.07 Å². The summed E-state index contributed by atoms with van der Waals surface area (Å²) < 4.78 is 5.36. The molecule has 1 aliphatic rings. The molecule has 1 aromatic heterocycles. The van der Waals surface area contributed by atoms with Crippen LogP contribution in [0.3, 0.4) is 0 Å². The van der Waals surface area contributed by atoms with Crippen LogP contribution in [0.2, 0.25) is 0 Å². The van der Waals surface area contributed by atoms with E-state index in [2.05, 4.69) is 14.9 Å². The molecule has 1 fully saturated rings. The number of ether oxygens (including phenoxy) is 1. The van der Waals surface area contributed by atoms with Gasteiger partial charge in [0.15, 0.2) is 0 Å². The fourth-order valence-corrected chi connectivity index (χ4v) is 1.97. The van der Waals surface area contributed by atoms with Gasteiger partial charge in [-0.1, -0.05) is 0 Å². The molecule has 2 heterocycles. The van der Waals surface area contributed by atoms with Crippen molar-refractivity contribution in [1.82, 2.24) is 9.97 Å². The molecule has 88 valence electrons. The molecule has 1 aliphatic heterocycles. The van der Waals surface area contributed by atoms with Crippen molar-refractivity contribution in [3.63, 3.8) is 0 Å². The van der Waals surface area contributed by atoms with Gasteiger partial charge in [-0.3, -0.25) is 0 Å². The van der Waals surface area contributed by atoms with Gasteiger partial charge in [0.05, 0.1) is 6.10 Å². The van der Waals surface area contributed by atoms with E-state index in [0.717, 1.165) is 31.7 Å². The summed E-state index contributed by atoms with van der Waals surface area (Å²) >= 11 is 0. The average Bonchev–Trinajstić information content (AvgIpc) is 2.28. The molecule has 1 saturated heterocycles. The van der Waals surface area contributed by atoms with E-state index in [1.165, 1.54) is 0 Å². The van der Waals surface area contributed by atoms with Crippen LogP contribution in [-0.4, -0.2) is 36.3 Å². The minimum Gasteiger partial charge on any atom is -0.383 e. The zero-order chi connectivity index (χ0) is 11.5. The highest BCUT2D eigenvalue weighted by Crippen LogP contribution is 2.21. The summed E-state index contributed by atoms with van der Waals surface area (Å²) in [5.74, 6) is 1.41. The number of hydrogen-bond acceptors (Lipinski definition) is 6. The highest BCUT2D eigenvalue weighted by Gasteiger charge is 2.20. The molecule has 1 atom stereocenters. The third kappa shape index (κ3) is 2.33. The summed E-state index contributed by atoms with van der Waals surface area (Å²) in [6.45, 7) is 1.78. The Bertz CT molecular complexity index is 350. The third-order valence-corrected chi connectivity index (χ3v) is 2.79. The van der Waals surface area contributed by atoms with Gasteiger partial charge in [0, 0.05) is 26.3 Å². The van der Waals surface area contributed by atoms with Crippen LogP contribution in [0.4, 0.5) is 17.6 Å². The number of hydrogen-bond donors (Lipinski definition) is 2. The van der Waals surface area contributed by atoms with Gasteiger partial charge >= 0.3 is 0 Å². The van der Waals surface area contributed by atoms with Gasteiger partial charge in [0.1, 0.15) is 11.6 Å². The molecule has 2 rings (SSSR count). The summed E-state index contributed by atoms with van der Waals surface area (Å²) in [6, 6.07) is 1.74. The molecule has 0 saturated carbocycles. The van der Waals surface area contributed by atoms with Crippen molar-refractivity contribution in [2.24, 2.45) is 0 Å². The van der Waals surface area contributed by atoms with E-state index in [1.54, 1.807) is 13.2 Å². The number of methoxy groups -OCH3 is 1. The monoisotopic (exact) mass is 223 g/mol. The smallest absolute Gasteiger partial charge is 0.223 e. The van der Waals surface area contributed by atoms with Crippen LogP contribution in [-0.2, 0) is 4.74 Å². The predicted molar refractivity (Wildman–Crippen MR) is 63.1 cm³/mol. The predicted octanol–water partition coefficient (Wildman–Crippen LogP) is 0.256. The maximum atomic E-state index is 5.64. The number of aromatic nitrogens is 2. The van der Waals surface area contributed by atoms with Gasteiger partial charge in [-0.2, -0.15) is 9.97 Å². The highest BCUT2D eigenvalue weighted by atomic mass is 16.5. The van der Waals surface area contributed by atoms with Crippen LogP contribution >= 0.6 is 0 Å². The molecule has 0 aliphatic carbocycles. The van der Waals surface area contributed by atoms with Crippen LogP contribution in [0.1, 0.15) is 12.8 Å². The third-order valence-electron chi connectivity index (χ3n) is 2.79. The fraction of sp³-hybridized carbons (Fsp3) is 0.600. The number of rotatable bonds is 2. The molecular weight excluding hydrogens is 206 g/mol. The molecule has 16 heavy (non-hydrogen) atoms. The minimum absolute atomic E-state index is 0.217. The Labute approximate surface area is 94.6 Å². The summed E-state index contributed by atoms with van der Waals surface area (Å²) in [5, 5.41) is 0. The van der Waals surface area contributed by atoms with Crippen molar-refractivity contribution in [3.05, 3.63) is 6.07 Å². The van der Waals surface area contributed by atoms with Crippen LogP contribution in [0.25, 0.3) is 0 Å². The molecule has 1 aromatic rings. The van der Waals surface area contributed by atoms with E-state index in [-0.39, 0.29) is 12.1 Å². The standard InChI is InChI=1S/C10H17N5O/c1-16-7-3-2-4-15(6-7)9-5-8(11)13-10(12)14-9/h5,7H,2-4,6H2,1H3,(H4,11,12,13,14). The maximum absolute atomic E-state index is 5.64. The van der Waals surface area contributed by atoms with E-state index in [1.807, 2.05) is 0 Å². The largest absolute Gasteiger partial charge is 0.383 e. The van der Waals surface area contributed by atoms with E-state index in [9.17, 15) is 0 Å². The van der Waals surface area contributed by atoms with Crippen molar-refractivity contribution in [3.8, 4) is 0 Å². The normalized spacial score (nSPS) is 21.1. The maximum Gasteiger partial charge on any atom is 0.223 e. The van der Waals surface area contributed by atoms with Crippen molar-refractivity contribution < 1.29 is 4.74 Å². The lowest BCUT2D eigenvalue weighted by Gasteiger charge is -2.32. The lowest BCUT2D eigenvalue weighted by Crippen LogP contribution is -2.39. The minimum atomic E-state index is 0.217. The first-order valence-electron chi connectivity index (χ1n) is 5.37. The molecule has 1 unspecified atom stereocenters.